The molecule has 26 heavy (non-hydrogen) atoms. The Hall–Kier alpha value is -3.01. The van der Waals surface area contributed by atoms with Crippen LogP contribution in [0.4, 0.5) is 0 Å². The minimum atomic E-state index is -1.04. The minimum absolute atomic E-state index is 0.00307. The van der Waals surface area contributed by atoms with Crippen molar-refractivity contribution in [1.29, 1.82) is 0 Å². The van der Waals surface area contributed by atoms with Gasteiger partial charge < -0.3 is 19.2 Å². The topological polar surface area (TPSA) is 54.3 Å². The summed E-state index contributed by atoms with van der Waals surface area (Å²) in [6.45, 7) is 4.16. The van der Waals surface area contributed by atoms with E-state index in [1.807, 2.05) is 36.4 Å². The quantitative estimate of drug-likeness (QED) is 0.685. The highest BCUT2D eigenvalue weighted by Gasteiger charge is 2.13. The number of hydrogen-bond acceptors (Lipinski definition) is 3. The molecule has 0 aliphatic rings. The molecule has 0 atom stereocenters. The second kappa shape index (κ2) is 7.48. The summed E-state index contributed by atoms with van der Waals surface area (Å²) in [4.78, 5) is 10.9. The molecule has 3 aromatic rings. The zero-order chi connectivity index (χ0) is 18.7. The maximum absolute atomic E-state index is 10.9. The molecule has 0 aliphatic carbocycles. The Morgan fingerprint density at radius 2 is 1.73 bits per heavy atom. The van der Waals surface area contributed by atoms with Crippen LogP contribution < -0.4 is 9.84 Å². The predicted molar refractivity (Wildman–Crippen MR) is 101 cm³/mol. The fourth-order valence-corrected chi connectivity index (χ4v) is 3.06. The molecule has 0 N–H and O–H groups in total. The lowest BCUT2D eigenvalue weighted by molar-refractivity contribution is -0.305. The van der Waals surface area contributed by atoms with E-state index in [1.165, 1.54) is 11.1 Å². The van der Waals surface area contributed by atoms with E-state index in [4.69, 9.17) is 4.74 Å². The number of carboxylic acids is 1. The second-order valence-corrected chi connectivity index (χ2v) is 6.41. The van der Waals surface area contributed by atoms with Crippen molar-refractivity contribution in [1.82, 2.24) is 4.57 Å². The summed E-state index contributed by atoms with van der Waals surface area (Å²) >= 11 is 0. The third-order valence-corrected chi connectivity index (χ3v) is 4.68. The van der Waals surface area contributed by atoms with Crippen LogP contribution in [0.2, 0.25) is 0 Å². The number of carbonyl (C=O) groups excluding carboxylic acids is 1. The van der Waals surface area contributed by atoms with Gasteiger partial charge in [0.15, 0.2) is 0 Å². The van der Waals surface area contributed by atoms with E-state index in [0.29, 0.717) is 6.42 Å². The lowest BCUT2D eigenvalue weighted by atomic mass is 10.1. The van der Waals surface area contributed by atoms with Crippen LogP contribution in [0, 0.1) is 13.8 Å². The van der Waals surface area contributed by atoms with Gasteiger partial charge in [-0.2, -0.15) is 0 Å². The van der Waals surface area contributed by atoms with Crippen LogP contribution in [0.3, 0.4) is 0 Å². The average molecular weight is 348 g/mol. The molecule has 0 spiro atoms. The van der Waals surface area contributed by atoms with Crippen molar-refractivity contribution in [2.45, 2.75) is 26.7 Å². The predicted octanol–water partition coefficient (Wildman–Crippen LogP) is 3.45. The molecule has 0 saturated heterocycles. The first-order valence-electron chi connectivity index (χ1n) is 8.62. The van der Waals surface area contributed by atoms with Crippen LogP contribution in [0.5, 0.6) is 5.75 Å². The van der Waals surface area contributed by atoms with Gasteiger partial charge in [0, 0.05) is 17.4 Å². The van der Waals surface area contributed by atoms with Gasteiger partial charge in [-0.15, -0.1) is 0 Å². The van der Waals surface area contributed by atoms with Gasteiger partial charge in [0.1, 0.15) is 5.75 Å². The molecular formula is C22H22NO3-. The van der Waals surface area contributed by atoms with Crippen molar-refractivity contribution < 1.29 is 14.6 Å². The summed E-state index contributed by atoms with van der Waals surface area (Å²) in [5.74, 6) is -0.237. The highest BCUT2D eigenvalue weighted by molar-refractivity contribution is 5.67. The molecule has 3 rings (SSSR count). The maximum Gasteiger partial charge on any atom is 0.118 e. The number of ether oxygens (including phenoxy) is 1. The van der Waals surface area contributed by atoms with Crippen molar-refractivity contribution in [3.05, 3.63) is 71.4 Å². The van der Waals surface area contributed by atoms with E-state index in [-0.39, 0.29) is 6.42 Å². The number of carboxylic acid groups (broad SMARTS) is 1. The number of aryl methyl sites for hydroxylation is 3. The molecule has 0 amide bonds. The monoisotopic (exact) mass is 348 g/mol. The molecule has 4 nitrogen and oxygen atoms in total. The van der Waals surface area contributed by atoms with Crippen LogP contribution in [-0.2, 0) is 11.2 Å². The van der Waals surface area contributed by atoms with Gasteiger partial charge in [0.05, 0.1) is 12.8 Å². The van der Waals surface area contributed by atoms with Crippen molar-refractivity contribution in [2.75, 3.05) is 7.11 Å². The highest BCUT2D eigenvalue weighted by atomic mass is 16.5. The first-order valence-corrected chi connectivity index (χ1v) is 8.62. The van der Waals surface area contributed by atoms with Crippen LogP contribution in [-0.4, -0.2) is 17.6 Å². The van der Waals surface area contributed by atoms with E-state index >= 15 is 0 Å². The number of methoxy groups -OCH3 is 1. The highest BCUT2D eigenvalue weighted by Crippen LogP contribution is 2.29. The zero-order valence-electron chi connectivity index (χ0n) is 15.3. The lowest BCUT2D eigenvalue weighted by Gasteiger charge is -2.16. The van der Waals surface area contributed by atoms with Crippen molar-refractivity contribution in [3.63, 3.8) is 0 Å². The molecule has 4 heteroatoms. The summed E-state index contributed by atoms with van der Waals surface area (Å²) in [7, 11) is 1.64. The van der Waals surface area contributed by atoms with Gasteiger partial charge in [-0.3, -0.25) is 0 Å². The van der Waals surface area contributed by atoms with Gasteiger partial charge in [-0.25, -0.2) is 0 Å². The summed E-state index contributed by atoms with van der Waals surface area (Å²) < 4.78 is 7.36. The smallest absolute Gasteiger partial charge is 0.118 e. The van der Waals surface area contributed by atoms with E-state index in [2.05, 4.69) is 36.6 Å². The fraction of sp³-hybridized carbons (Fsp3) is 0.227. The van der Waals surface area contributed by atoms with Crippen LogP contribution in [0.25, 0.3) is 16.9 Å². The Labute approximate surface area is 153 Å². The minimum Gasteiger partial charge on any atom is -0.550 e. The molecule has 0 bridgehead atoms. The Bertz CT molecular complexity index is 923. The molecule has 0 aliphatic heterocycles. The lowest BCUT2D eigenvalue weighted by Crippen LogP contribution is -2.22. The fourth-order valence-electron chi connectivity index (χ4n) is 3.06. The van der Waals surface area contributed by atoms with E-state index in [0.717, 1.165) is 28.4 Å². The standard InChI is InChI=1S/C22H23NO3/c1-15-4-7-19(14-16(15)2)23-18(9-13-22(24)25)8-12-21(23)17-5-10-20(26-3)11-6-17/h4-8,10-12,14H,9,13H2,1-3H3,(H,24,25)/p-1. The molecule has 1 aromatic heterocycles. The molecule has 1 heterocycles. The number of benzene rings is 2. The molecule has 0 unspecified atom stereocenters. The van der Waals surface area contributed by atoms with Crippen molar-refractivity contribution in [2.24, 2.45) is 0 Å². The Morgan fingerprint density at radius 3 is 2.35 bits per heavy atom. The van der Waals surface area contributed by atoms with Crippen LogP contribution >= 0.6 is 0 Å². The molecule has 0 fully saturated rings. The number of aliphatic carboxylic acids is 1. The van der Waals surface area contributed by atoms with Crippen molar-refractivity contribution in [3.8, 4) is 22.7 Å². The normalized spacial score (nSPS) is 10.7. The Morgan fingerprint density at radius 1 is 1.00 bits per heavy atom. The largest absolute Gasteiger partial charge is 0.550 e. The Kier molecular flexibility index (Phi) is 5.12. The molecule has 0 radical (unpaired) electrons. The summed E-state index contributed by atoms with van der Waals surface area (Å²) in [6, 6.07) is 18.2. The number of carbonyl (C=O) groups is 1. The third-order valence-electron chi connectivity index (χ3n) is 4.68. The first kappa shape index (κ1) is 17.8. The van der Waals surface area contributed by atoms with Gasteiger partial charge in [-0.1, -0.05) is 6.07 Å². The number of hydrogen-bond donors (Lipinski definition) is 0. The number of aromatic nitrogens is 1. The van der Waals surface area contributed by atoms with Gasteiger partial charge in [0.2, 0.25) is 0 Å². The van der Waals surface area contributed by atoms with E-state index in [1.54, 1.807) is 7.11 Å². The molecule has 0 saturated carbocycles. The SMILES string of the molecule is COc1ccc(-c2ccc(CCC(=O)[O-])n2-c2ccc(C)c(C)c2)cc1. The van der Waals surface area contributed by atoms with Gasteiger partial charge >= 0.3 is 0 Å². The number of rotatable bonds is 6. The first-order chi connectivity index (χ1) is 12.5. The maximum atomic E-state index is 10.9. The van der Waals surface area contributed by atoms with Crippen LogP contribution in [0.1, 0.15) is 23.2 Å². The average Bonchev–Trinajstić information content (AvgIpc) is 3.06. The van der Waals surface area contributed by atoms with Gasteiger partial charge in [-0.05, 0) is 91.9 Å². The van der Waals surface area contributed by atoms with E-state index < -0.39 is 5.97 Å². The number of nitrogens with zero attached hydrogens (tertiary/aromatic N) is 1. The summed E-state index contributed by atoms with van der Waals surface area (Å²) in [5.41, 5.74) is 6.46. The molecule has 134 valence electrons. The zero-order valence-corrected chi connectivity index (χ0v) is 15.3. The second-order valence-electron chi connectivity index (χ2n) is 6.41. The summed E-state index contributed by atoms with van der Waals surface area (Å²) in [6.07, 6.45) is 0.419. The van der Waals surface area contributed by atoms with E-state index in [9.17, 15) is 9.90 Å². The third kappa shape index (κ3) is 3.64. The Balaban J connectivity index is 2.11. The molecule has 2 aromatic carbocycles. The molecular weight excluding hydrogens is 326 g/mol. The van der Waals surface area contributed by atoms with Crippen LogP contribution in [0.15, 0.2) is 54.6 Å². The summed E-state index contributed by atoms with van der Waals surface area (Å²) in [5, 5.41) is 10.9. The van der Waals surface area contributed by atoms with Gasteiger partial charge in [0.25, 0.3) is 0 Å². The van der Waals surface area contributed by atoms with Crippen molar-refractivity contribution >= 4 is 5.97 Å².